The minimum absolute atomic E-state index is 1.32. The van der Waals surface area contributed by atoms with Gasteiger partial charge in [0, 0.05) is 0 Å². The Balaban J connectivity index is 2.11. The average Bonchev–Trinajstić information content (AvgIpc) is 2.91. The van der Waals surface area contributed by atoms with Crippen molar-refractivity contribution in [2.75, 3.05) is 11.5 Å². The summed E-state index contributed by atoms with van der Waals surface area (Å²) in [6, 6.07) is 22.4. The summed E-state index contributed by atoms with van der Waals surface area (Å²) in [5.41, 5.74) is 0. The van der Waals surface area contributed by atoms with Crippen molar-refractivity contribution in [2.24, 2.45) is 0 Å². The van der Waals surface area contributed by atoms with Crippen LogP contribution in [0.5, 0.6) is 0 Å². The van der Waals surface area contributed by atoms with Crippen molar-refractivity contribution in [3.8, 4) is 0 Å². The van der Waals surface area contributed by atoms with E-state index in [1.165, 1.54) is 11.5 Å². The Morgan fingerprint density at radius 2 is 1.06 bits per heavy atom. The van der Waals surface area contributed by atoms with Crippen LogP contribution < -0.4 is 7.16 Å². The van der Waals surface area contributed by atoms with Crippen LogP contribution in [0.4, 0.5) is 0 Å². The predicted molar refractivity (Wildman–Crippen MR) is 82.8 cm³/mol. The molecule has 2 aromatic rings. The van der Waals surface area contributed by atoms with Crippen molar-refractivity contribution < 1.29 is 0 Å². The molecule has 0 N–H and O–H groups in total. The van der Waals surface area contributed by atoms with E-state index < -0.39 is 15.6 Å². The van der Waals surface area contributed by atoms with E-state index in [4.69, 9.17) is 0 Å². The van der Waals surface area contributed by atoms with Gasteiger partial charge in [0.25, 0.3) is 0 Å². The molecule has 0 aliphatic carbocycles. The molecule has 1 fully saturated rings. The Labute approximate surface area is 112 Å². The van der Waals surface area contributed by atoms with Crippen LogP contribution in [-0.4, -0.2) is 27.1 Å². The van der Waals surface area contributed by atoms with Crippen LogP contribution in [0.25, 0.3) is 0 Å². The fourth-order valence-corrected chi connectivity index (χ4v) is 33.1. The first-order chi connectivity index (χ1) is 8.42. The zero-order chi connectivity index (χ0) is 11.6. The molecular weight excluding hydrogens is 351 g/mol. The van der Waals surface area contributed by atoms with Gasteiger partial charge in [-0.1, -0.05) is 0 Å². The third kappa shape index (κ3) is 2.27. The molecule has 1 saturated heterocycles. The summed E-state index contributed by atoms with van der Waals surface area (Å²) in [5, 5.41) is 0. The summed E-state index contributed by atoms with van der Waals surface area (Å²) in [6.07, 6.45) is 0. The molecule has 17 heavy (non-hydrogen) atoms. The van der Waals surface area contributed by atoms with E-state index in [1.54, 1.807) is 7.16 Å². The second-order valence-corrected chi connectivity index (χ2v) is 27.1. The third-order valence-corrected chi connectivity index (χ3v) is 32.7. The Kier molecular flexibility index (Phi) is 3.73. The zero-order valence-corrected chi connectivity index (χ0v) is 14.0. The van der Waals surface area contributed by atoms with Crippen LogP contribution in [0.3, 0.4) is 0 Å². The number of hydrogen-bond acceptors (Lipinski definition) is 2. The topological polar surface area (TPSA) is 0 Å². The van der Waals surface area contributed by atoms with Crippen molar-refractivity contribution in [3.63, 3.8) is 0 Å². The van der Waals surface area contributed by atoms with Crippen molar-refractivity contribution in [1.82, 2.24) is 0 Å². The van der Waals surface area contributed by atoms with E-state index in [9.17, 15) is 0 Å². The predicted octanol–water partition coefficient (Wildman–Crippen LogP) is 2.72. The first-order valence-electron chi connectivity index (χ1n) is 5.81. The van der Waals surface area contributed by atoms with Gasteiger partial charge in [0.05, 0.1) is 0 Å². The van der Waals surface area contributed by atoms with E-state index >= 15 is 0 Å². The van der Waals surface area contributed by atoms with Gasteiger partial charge in [-0.15, -0.1) is 0 Å². The second kappa shape index (κ2) is 5.29. The molecule has 0 nitrogen and oxygen atoms in total. The van der Waals surface area contributed by atoms with Gasteiger partial charge in [-0.25, -0.2) is 0 Å². The fourth-order valence-electron chi connectivity index (χ4n) is 2.23. The van der Waals surface area contributed by atoms with Crippen LogP contribution in [0.1, 0.15) is 0 Å². The Morgan fingerprint density at radius 3 is 1.47 bits per heavy atom. The van der Waals surface area contributed by atoms with Crippen molar-refractivity contribution in [1.29, 1.82) is 0 Å². The van der Waals surface area contributed by atoms with E-state index in [0.717, 1.165) is 0 Å². The Bertz CT molecular complexity index is 437. The molecule has 1 aliphatic rings. The van der Waals surface area contributed by atoms with Gasteiger partial charge in [0.2, 0.25) is 0 Å². The van der Waals surface area contributed by atoms with E-state index in [-0.39, 0.29) is 0 Å². The van der Waals surface area contributed by atoms with Crippen LogP contribution in [0, 0.1) is 0 Å². The molecule has 1 heterocycles. The fraction of sp³-hybridized carbons (Fsp3) is 0.143. The number of rotatable bonds is 2. The third-order valence-electron chi connectivity index (χ3n) is 3.00. The molecule has 0 spiro atoms. The molecule has 0 amide bonds. The molecule has 0 radical (unpaired) electrons. The second-order valence-electron chi connectivity index (χ2n) is 4.05. The quantitative estimate of drug-likeness (QED) is 0.751. The average molecular weight is 365 g/mol. The summed E-state index contributed by atoms with van der Waals surface area (Å²) in [4.78, 5) is 0. The van der Waals surface area contributed by atoms with Gasteiger partial charge < -0.3 is 0 Å². The number of benzene rings is 2. The van der Waals surface area contributed by atoms with Gasteiger partial charge in [-0.2, -0.15) is 0 Å². The van der Waals surface area contributed by atoms with Gasteiger partial charge in [0.1, 0.15) is 0 Å². The Morgan fingerprint density at radius 1 is 0.647 bits per heavy atom. The molecule has 0 aromatic heterocycles. The van der Waals surface area contributed by atoms with Crippen molar-refractivity contribution in [3.05, 3.63) is 60.7 Å². The summed E-state index contributed by atoms with van der Waals surface area (Å²) in [7, 11) is 4.54. The van der Waals surface area contributed by atoms with Crippen LogP contribution >= 0.6 is 17.9 Å². The maximum absolute atomic E-state index is 2.40. The van der Waals surface area contributed by atoms with Gasteiger partial charge in [0.15, 0.2) is 0 Å². The van der Waals surface area contributed by atoms with Gasteiger partial charge in [-0.3, -0.25) is 0 Å². The standard InChI is InChI=1S/2C6H5.C2H6S2.Sn/c2*1-2-4-6-5-3-1;3-1-2-4;/h2*1-5H;3-4H,1-2H2;/q;;;+2/p-2. The van der Waals surface area contributed by atoms with Crippen LogP contribution in [0.15, 0.2) is 60.7 Å². The molecule has 0 unspecified atom stereocenters. The first-order valence-corrected chi connectivity index (χ1v) is 17.6. The molecule has 1 aliphatic heterocycles. The molecule has 0 saturated carbocycles. The van der Waals surface area contributed by atoms with Crippen molar-refractivity contribution >= 4 is 40.7 Å². The molecule has 0 atom stereocenters. The van der Waals surface area contributed by atoms with Gasteiger partial charge in [-0.05, 0) is 0 Å². The molecule has 3 rings (SSSR count). The van der Waals surface area contributed by atoms with Crippen LogP contribution in [-0.2, 0) is 0 Å². The summed E-state index contributed by atoms with van der Waals surface area (Å²) in [6.45, 7) is 0. The van der Waals surface area contributed by atoms with E-state index in [1.807, 2.05) is 0 Å². The minimum atomic E-state index is -2.40. The number of hydrogen-bond donors (Lipinski definition) is 0. The van der Waals surface area contributed by atoms with Crippen molar-refractivity contribution in [2.45, 2.75) is 0 Å². The SMILES string of the molecule is c1cc[c]([Sn]2([c]3ccccc3)[S]CC[S]2)cc1. The Hall–Kier alpha value is -0.0613. The normalized spacial score (nSPS) is 18.1. The molecule has 3 heteroatoms. The maximum atomic E-state index is 2.34. The molecule has 86 valence electrons. The van der Waals surface area contributed by atoms with Gasteiger partial charge >= 0.3 is 113 Å². The first kappa shape index (κ1) is 12.0. The summed E-state index contributed by atoms with van der Waals surface area (Å²) < 4.78 is 3.25. The molecule has 0 bridgehead atoms. The zero-order valence-electron chi connectivity index (χ0n) is 9.50. The monoisotopic (exact) mass is 366 g/mol. The molecular formula is C14H14S2Sn. The summed E-state index contributed by atoms with van der Waals surface area (Å²) in [5.74, 6) is 2.65. The van der Waals surface area contributed by atoms with E-state index in [0.29, 0.717) is 0 Å². The summed E-state index contributed by atoms with van der Waals surface area (Å²) >= 11 is -2.40. The van der Waals surface area contributed by atoms with Crippen LogP contribution in [0.2, 0.25) is 0 Å². The van der Waals surface area contributed by atoms with E-state index in [2.05, 4.69) is 78.6 Å². The molecule has 2 aromatic carbocycles.